The third kappa shape index (κ3) is 2.27. The lowest BCUT2D eigenvalue weighted by atomic mass is 9.95. The van der Waals surface area contributed by atoms with Gasteiger partial charge >= 0.3 is 0 Å². The van der Waals surface area contributed by atoms with Crippen LogP contribution in [0.1, 0.15) is 34.5 Å². The van der Waals surface area contributed by atoms with E-state index in [0.29, 0.717) is 5.56 Å². The van der Waals surface area contributed by atoms with Gasteiger partial charge in [0.15, 0.2) is 0 Å². The number of fused-ring (bicyclic) bond motifs is 3. The zero-order valence-electron chi connectivity index (χ0n) is 11.0. The molecule has 1 aliphatic carbocycles. The van der Waals surface area contributed by atoms with Crippen LogP contribution in [0.4, 0.5) is 0 Å². The number of carboxylic acid groups (broad SMARTS) is 1. The molecule has 2 N–H and O–H groups in total. The summed E-state index contributed by atoms with van der Waals surface area (Å²) in [7, 11) is 0. The number of aromatic amines is 1. The van der Waals surface area contributed by atoms with Gasteiger partial charge in [0.05, 0.1) is 12.5 Å². The van der Waals surface area contributed by atoms with E-state index in [1.165, 1.54) is 24.1 Å². The van der Waals surface area contributed by atoms with Crippen molar-refractivity contribution in [3.63, 3.8) is 0 Å². The number of amides is 1. The Morgan fingerprint density at radius 3 is 2.85 bits per heavy atom. The van der Waals surface area contributed by atoms with Crippen LogP contribution in [0.5, 0.6) is 0 Å². The first kappa shape index (κ1) is 12.7. The zero-order chi connectivity index (χ0) is 14.1. The van der Waals surface area contributed by atoms with Gasteiger partial charge in [0, 0.05) is 22.2 Å². The smallest absolute Gasteiger partial charge is 0.251 e. The van der Waals surface area contributed by atoms with E-state index in [-0.39, 0.29) is 5.91 Å². The minimum Gasteiger partial charge on any atom is -0.548 e. The molecule has 104 valence electrons. The van der Waals surface area contributed by atoms with E-state index in [2.05, 4.69) is 10.3 Å². The van der Waals surface area contributed by atoms with E-state index in [9.17, 15) is 14.7 Å². The van der Waals surface area contributed by atoms with Crippen LogP contribution in [0, 0.1) is 0 Å². The van der Waals surface area contributed by atoms with Crippen LogP contribution in [0.15, 0.2) is 18.2 Å². The number of carboxylic acids is 1. The summed E-state index contributed by atoms with van der Waals surface area (Å²) < 4.78 is 0. The Morgan fingerprint density at radius 1 is 1.25 bits per heavy atom. The second-order valence-corrected chi connectivity index (χ2v) is 5.10. The van der Waals surface area contributed by atoms with Gasteiger partial charge in [-0.25, -0.2) is 0 Å². The Morgan fingerprint density at radius 2 is 2.05 bits per heavy atom. The Kier molecular flexibility index (Phi) is 3.18. The molecule has 0 atom stereocenters. The molecule has 0 bridgehead atoms. The van der Waals surface area contributed by atoms with E-state index >= 15 is 0 Å². The number of rotatable bonds is 3. The number of hydrogen-bond acceptors (Lipinski definition) is 3. The molecule has 0 spiro atoms. The molecule has 0 radical (unpaired) electrons. The quantitative estimate of drug-likeness (QED) is 0.853. The minimum absolute atomic E-state index is 0.387. The van der Waals surface area contributed by atoms with Gasteiger partial charge in [0.1, 0.15) is 0 Å². The number of nitrogens with one attached hydrogen (secondary N) is 2. The maximum atomic E-state index is 11.9. The summed E-state index contributed by atoms with van der Waals surface area (Å²) in [4.78, 5) is 25.6. The van der Waals surface area contributed by atoms with E-state index < -0.39 is 12.5 Å². The summed E-state index contributed by atoms with van der Waals surface area (Å²) in [5.41, 5.74) is 4.07. The number of aromatic nitrogens is 1. The van der Waals surface area contributed by atoms with Gasteiger partial charge in [-0.3, -0.25) is 4.79 Å². The summed E-state index contributed by atoms with van der Waals surface area (Å²) in [6.07, 6.45) is 4.44. The molecule has 0 fully saturated rings. The minimum atomic E-state index is -1.29. The Balaban J connectivity index is 1.93. The molecule has 0 aliphatic heterocycles. The van der Waals surface area contributed by atoms with Crippen LogP contribution in [0.25, 0.3) is 10.9 Å². The summed E-state index contributed by atoms with van der Waals surface area (Å²) in [6.45, 7) is -0.470. The van der Waals surface area contributed by atoms with Crippen LogP contribution in [-0.2, 0) is 17.6 Å². The molecule has 2 aromatic rings. The maximum absolute atomic E-state index is 11.9. The summed E-state index contributed by atoms with van der Waals surface area (Å²) in [5.74, 6) is -1.68. The summed E-state index contributed by atoms with van der Waals surface area (Å²) >= 11 is 0. The lowest BCUT2D eigenvalue weighted by Gasteiger charge is -2.10. The van der Waals surface area contributed by atoms with Gasteiger partial charge in [0.2, 0.25) is 0 Å². The highest BCUT2D eigenvalue weighted by Gasteiger charge is 2.16. The van der Waals surface area contributed by atoms with Crippen molar-refractivity contribution >= 4 is 22.8 Å². The highest BCUT2D eigenvalue weighted by atomic mass is 16.4. The number of aliphatic carboxylic acids is 1. The average Bonchev–Trinajstić information content (AvgIpc) is 2.82. The van der Waals surface area contributed by atoms with Crippen molar-refractivity contribution in [1.29, 1.82) is 0 Å². The second kappa shape index (κ2) is 5.00. The van der Waals surface area contributed by atoms with Crippen molar-refractivity contribution in [2.75, 3.05) is 6.54 Å². The number of benzene rings is 1. The first-order valence-corrected chi connectivity index (χ1v) is 6.76. The predicted octanol–water partition coefficient (Wildman–Crippen LogP) is 0.526. The standard InChI is InChI=1S/C15H16N2O3/c18-14(19)8-16-15(20)9-5-6-13-11(7-9)10-3-1-2-4-12(10)17-13/h5-7,17H,1-4,8H2,(H,16,20)(H,18,19)/p-1. The fourth-order valence-electron chi connectivity index (χ4n) is 2.80. The van der Waals surface area contributed by atoms with Crippen molar-refractivity contribution in [3.05, 3.63) is 35.0 Å². The highest BCUT2D eigenvalue weighted by molar-refractivity contribution is 6.00. The molecule has 5 nitrogen and oxygen atoms in total. The first-order valence-electron chi connectivity index (χ1n) is 6.76. The van der Waals surface area contributed by atoms with Crippen molar-refractivity contribution in [2.24, 2.45) is 0 Å². The fraction of sp³-hybridized carbons (Fsp3) is 0.333. The number of H-pyrrole nitrogens is 1. The van der Waals surface area contributed by atoms with Crippen LogP contribution in [0.2, 0.25) is 0 Å². The van der Waals surface area contributed by atoms with Gasteiger partial charge in [-0.1, -0.05) is 0 Å². The number of carbonyl (C=O) groups excluding carboxylic acids is 2. The van der Waals surface area contributed by atoms with Gasteiger partial charge in [-0.15, -0.1) is 0 Å². The Labute approximate surface area is 116 Å². The summed E-state index contributed by atoms with van der Waals surface area (Å²) in [5, 5.41) is 13.8. The predicted molar refractivity (Wildman–Crippen MR) is 72.3 cm³/mol. The zero-order valence-corrected chi connectivity index (χ0v) is 11.0. The van der Waals surface area contributed by atoms with Crippen molar-refractivity contribution in [2.45, 2.75) is 25.7 Å². The van der Waals surface area contributed by atoms with Crippen molar-refractivity contribution < 1.29 is 14.7 Å². The first-order chi connectivity index (χ1) is 9.65. The van der Waals surface area contributed by atoms with Gasteiger partial charge in [-0.2, -0.15) is 0 Å². The highest BCUT2D eigenvalue weighted by Crippen LogP contribution is 2.29. The SMILES string of the molecule is O=C([O-])CNC(=O)c1ccc2[nH]c3c(c2c1)CCCC3. The lowest BCUT2D eigenvalue weighted by molar-refractivity contribution is -0.303. The molecule has 1 aromatic heterocycles. The molecular formula is C15H15N2O3-. The number of hydrogen-bond donors (Lipinski definition) is 2. The topological polar surface area (TPSA) is 85.0 Å². The molecule has 3 rings (SSSR count). The molecule has 1 amide bonds. The molecule has 1 aromatic carbocycles. The third-order valence-electron chi connectivity index (χ3n) is 3.75. The average molecular weight is 271 g/mol. The van der Waals surface area contributed by atoms with Gasteiger partial charge < -0.3 is 20.2 Å². The van der Waals surface area contributed by atoms with Crippen LogP contribution in [0.3, 0.4) is 0 Å². The van der Waals surface area contributed by atoms with Gasteiger partial charge in [-0.05, 0) is 49.4 Å². The molecular weight excluding hydrogens is 256 g/mol. The van der Waals surface area contributed by atoms with Crippen molar-refractivity contribution in [1.82, 2.24) is 10.3 Å². The molecule has 0 saturated carbocycles. The third-order valence-corrected chi connectivity index (χ3v) is 3.75. The van der Waals surface area contributed by atoms with E-state index in [1.54, 1.807) is 6.07 Å². The van der Waals surface area contributed by atoms with Crippen LogP contribution >= 0.6 is 0 Å². The van der Waals surface area contributed by atoms with Crippen LogP contribution < -0.4 is 10.4 Å². The largest absolute Gasteiger partial charge is 0.548 e. The Hall–Kier alpha value is -2.30. The summed E-state index contributed by atoms with van der Waals surface area (Å²) in [6, 6.07) is 5.41. The van der Waals surface area contributed by atoms with Crippen molar-refractivity contribution in [3.8, 4) is 0 Å². The van der Waals surface area contributed by atoms with E-state index in [1.807, 2.05) is 12.1 Å². The maximum Gasteiger partial charge on any atom is 0.251 e. The van der Waals surface area contributed by atoms with E-state index in [4.69, 9.17) is 0 Å². The number of carbonyl (C=O) groups is 2. The normalized spacial score (nSPS) is 14.0. The molecule has 1 heterocycles. The molecule has 20 heavy (non-hydrogen) atoms. The van der Waals surface area contributed by atoms with Gasteiger partial charge in [0.25, 0.3) is 5.91 Å². The molecule has 0 unspecified atom stereocenters. The fourth-order valence-corrected chi connectivity index (χ4v) is 2.80. The molecule has 1 aliphatic rings. The van der Waals surface area contributed by atoms with E-state index in [0.717, 1.165) is 23.7 Å². The van der Waals surface area contributed by atoms with Crippen LogP contribution in [-0.4, -0.2) is 23.4 Å². The monoisotopic (exact) mass is 271 g/mol. The lowest BCUT2D eigenvalue weighted by Crippen LogP contribution is -2.37. The Bertz CT molecular complexity index is 688. The second-order valence-electron chi connectivity index (χ2n) is 5.10. The molecule has 0 saturated heterocycles. The number of aryl methyl sites for hydroxylation is 2. The molecule has 5 heteroatoms.